The molecule has 0 spiro atoms. The molecule has 8 rings (SSSR count). The molecule has 46 heavy (non-hydrogen) atoms. The van der Waals surface area contributed by atoms with Crippen LogP contribution in [0.5, 0.6) is 11.8 Å². The lowest BCUT2D eigenvalue weighted by molar-refractivity contribution is -0.133. The van der Waals surface area contributed by atoms with Crippen molar-refractivity contribution in [2.75, 3.05) is 31.6 Å². The van der Waals surface area contributed by atoms with Crippen LogP contribution in [0.3, 0.4) is 0 Å². The Morgan fingerprint density at radius 1 is 1.04 bits per heavy atom. The summed E-state index contributed by atoms with van der Waals surface area (Å²) in [5.41, 5.74) is 3.55. The molecule has 3 unspecified atom stereocenters. The van der Waals surface area contributed by atoms with Crippen LogP contribution < -0.4 is 9.64 Å². The van der Waals surface area contributed by atoms with Crippen LogP contribution in [-0.4, -0.2) is 91.7 Å². The molecule has 3 fully saturated rings. The number of piperazine rings is 1. The molecule has 2 aromatic heterocycles. The van der Waals surface area contributed by atoms with Gasteiger partial charge in [0.1, 0.15) is 17.7 Å². The summed E-state index contributed by atoms with van der Waals surface area (Å²) in [5.74, 6) is 1.22. The maximum Gasteiger partial charge on any atom is 0.319 e. The van der Waals surface area contributed by atoms with E-state index in [1.807, 2.05) is 24.3 Å². The molecule has 2 bridgehead atoms. The fourth-order valence-corrected chi connectivity index (χ4v) is 7.98. The van der Waals surface area contributed by atoms with Crippen LogP contribution in [0.15, 0.2) is 67.1 Å². The first kappa shape index (κ1) is 28.8. The van der Waals surface area contributed by atoms with Crippen molar-refractivity contribution >= 4 is 33.4 Å². The molecular formula is C36H39N7O3. The molecule has 0 aliphatic carbocycles. The Morgan fingerprint density at radius 2 is 1.87 bits per heavy atom. The van der Waals surface area contributed by atoms with Gasteiger partial charge in [-0.15, -0.1) is 0 Å². The Bertz CT molecular complexity index is 1900. The number of likely N-dealkylation sites (N-methyl/N-ethyl adjacent to an activating group) is 1. The van der Waals surface area contributed by atoms with Gasteiger partial charge >= 0.3 is 6.01 Å². The number of H-pyrrole nitrogens is 1. The maximum absolute atomic E-state index is 13.4. The number of aromatic hydroxyl groups is 1. The van der Waals surface area contributed by atoms with Crippen LogP contribution in [0.4, 0.5) is 5.82 Å². The molecule has 2 N–H and O–H groups in total. The second-order valence-electron chi connectivity index (χ2n) is 13.1. The van der Waals surface area contributed by atoms with Crippen molar-refractivity contribution in [3.05, 3.63) is 72.8 Å². The van der Waals surface area contributed by atoms with Crippen LogP contribution in [0, 0.1) is 0 Å². The molecule has 236 valence electrons. The number of ether oxygens (including phenoxy) is 1. The number of nitrogens with one attached hydrogen (secondary N) is 1. The molecule has 3 aliphatic heterocycles. The summed E-state index contributed by atoms with van der Waals surface area (Å²) in [6.07, 6.45) is 7.81. The summed E-state index contributed by atoms with van der Waals surface area (Å²) in [7, 11) is 2.15. The Balaban J connectivity index is 1.17. The predicted molar refractivity (Wildman–Crippen MR) is 178 cm³/mol. The van der Waals surface area contributed by atoms with Gasteiger partial charge in [0.05, 0.1) is 18.3 Å². The molecule has 3 saturated heterocycles. The number of likely N-dealkylation sites (tertiary alicyclic amines) is 1. The first-order valence-corrected chi connectivity index (χ1v) is 16.4. The van der Waals surface area contributed by atoms with Crippen molar-refractivity contribution in [2.45, 2.75) is 63.3 Å². The molecule has 10 heteroatoms. The topological polar surface area (TPSA) is 111 Å². The number of aromatic amines is 1. The molecule has 3 aromatic carbocycles. The van der Waals surface area contributed by atoms with Crippen molar-refractivity contribution < 1.29 is 14.6 Å². The average molecular weight is 618 g/mol. The summed E-state index contributed by atoms with van der Waals surface area (Å²) >= 11 is 0. The summed E-state index contributed by atoms with van der Waals surface area (Å²) in [5, 5.41) is 13.6. The number of fused-ring (bicyclic) bond motifs is 4. The number of benzene rings is 3. The lowest BCUT2D eigenvalue weighted by Gasteiger charge is -2.42. The summed E-state index contributed by atoms with van der Waals surface area (Å²) in [6.45, 7) is 4.59. The number of amides is 1. The van der Waals surface area contributed by atoms with Gasteiger partial charge in [-0.05, 0) is 92.4 Å². The summed E-state index contributed by atoms with van der Waals surface area (Å²) < 4.78 is 6.53. The highest BCUT2D eigenvalue weighted by Crippen LogP contribution is 2.39. The number of rotatable bonds is 7. The highest BCUT2D eigenvalue weighted by Gasteiger charge is 2.43. The Morgan fingerprint density at radius 3 is 2.63 bits per heavy atom. The summed E-state index contributed by atoms with van der Waals surface area (Å²) in [4.78, 5) is 37.4. The number of aromatic nitrogens is 4. The maximum atomic E-state index is 13.4. The smallest absolute Gasteiger partial charge is 0.319 e. The SMILES string of the molecule is CC(Oc1nc(N2CC3CCC(C2)N3C(=O)Cc2cnc[nH]2)c2ccc(-c3cc(O)cc4ccccc34)cc2n1)[C@@H]1CCCN1C. The molecule has 5 aromatic rings. The number of hydrogen-bond acceptors (Lipinski definition) is 8. The minimum atomic E-state index is -0.0656. The second kappa shape index (κ2) is 11.6. The zero-order valence-corrected chi connectivity index (χ0v) is 26.3. The number of anilines is 1. The number of phenolic OH excluding ortho intramolecular Hbond substituents is 1. The van der Waals surface area contributed by atoms with Gasteiger partial charge < -0.3 is 24.6 Å². The van der Waals surface area contributed by atoms with Gasteiger partial charge in [0.2, 0.25) is 5.91 Å². The van der Waals surface area contributed by atoms with Gasteiger partial charge in [-0.25, -0.2) is 4.98 Å². The highest BCUT2D eigenvalue weighted by molar-refractivity contribution is 6.01. The van der Waals surface area contributed by atoms with E-state index in [1.54, 1.807) is 18.6 Å². The largest absolute Gasteiger partial charge is 0.508 e. The van der Waals surface area contributed by atoms with Gasteiger partial charge in [-0.1, -0.05) is 30.3 Å². The lowest BCUT2D eigenvalue weighted by Crippen LogP contribution is -2.56. The molecule has 10 nitrogen and oxygen atoms in total. The Kier molecular flexibility index (Phi) is 7.24. The number of hydrogen-bond donors (Lipinski definition) is 2. The van der Waals surface area contributed by atoms with Gasteiger partial charge in [0.15, 0.2) is 0 Å². The number of nitrogens with zero attached hydrogens (tertiary/aromatic N) is 6. The minimum Gasteiger partial charge on any atom is -0.508 e. The standard InChI is InChI=1S/C36H39N7O3/c1-22(33-8-5-13-41(33)2)46-36-39-32-15-24(31-17-28(44)14-23-6-3-4-7-29(23)31)9-12-30(32)35(40-36)42-19-26-10-11-27(20-42)43(26)34(45)16-25-18-37-21-38-25/h3-4,6-7,9,12,14-15,17-18,21-22,26-27,33,44H,5,8,10-11,13,16,19-20H2,1-2H3,(H,37,38)/t22?,26?,27?,33-/m0/s1. The fourth-order valence-electron chi connectivity index (χ4n) is 7.98. The number of imidazole rings is 1. The van der Waals surface area contributed by atoms with Crippen LogP contribution in [0.25, 0.3) is 32.8 Å². The number of carbonyl (C=O) groups excluding carboxylic acids is 1. The molecule has 4 atom stereocenters. The van der Waals surface area contributed by atoms with Crippen molar-refractivity contribution in [3.8, 4) is 22.9 Å². The van der Waals surface area contributed by atoms with E-state index in [0.29, 0.717) is 31.6 Å². The van der Waals surface area contributed by atoms with Crippen LogP contribution >= 0.6 is 0 Å². The van der Waals surface area contributed by atoms with E-state index in [1.165, 1.54) is 0 Å². The summed E-state index contributed by atoms with van der Waals surface area (Å²) in [6, 6.07) is 18.9. The lowest BCUT2D eigenvalue weighted by atomic mass is 9.97. The third-order valence-electron chi connectivity index (χ3n) is 10.2. The second-order valence-corrected chi connectivity index (χ2v) is 13.1. The minimum absolute atomic E-state index is 0.0656. The Hall–Kier alpha value is -4.70. The van der Waals surface area contributed by atoms with E-state index >= 15 is 0 Å². The van der Waals surface area contributed by atoms with Crippen molar-refractivity contribution in [1.82, 2.24) is 29.7 Å². The van der Waals surface area contributed by atoms with Crippen LogP contribution in [-0.2, 0) is 11.2 Å². The Labute approximate surface area is 268 Å². The predicted octanol–water partition coefficient (Wildman–Crippen LogP) is 5.16. The van der Waals surface area contributed by atoms with Crippen molar-refractivity contribution in [2.24, 2.45) is 0 Å². The van der Waals surface area contributed by atoms with Crippen LogP contribution in [0.2, 0.25) is 0 Å². The van der Waals surface area contributed by atoms with Crippen molar-refractivity contribution in [3.63, 3.8) is 0 Å². The average Bonchev–Trinajstić information content (AvgIpc) is 3.79. The third kappa shape index (κ3) is 5.20. The van der Waals surface area contributed by atoms with E-state index in [2.05, 4.69) is 62.9 Å². The van der Waals surface area contributed by atoms with E-state index in [0.717, 1.165) is 76.5 Å². The number of carbonyl (C=O) groups is 1. The highest BCUT2D eigenvalue weighted by atomic mass is 16.5. The zero-order valence-electron chi connectivity index (χ0n) is 26.3. The zero-order chi connectivity index (χ0) is 31.4. The molecule has 0 radical (unpaired) electrons. The van der Waals surface area contributed by atoms with Crippen molar-refractivity contribution in [1.29, 1.82) is 0 Å². The monoisotopic (exact) mass is 617 g/mol. The normalized spacial score (nSPS) is 22.2. The van der Waals surface area contributed by atoms with E-state index in [9.17, 15) is 9.90 Å². The van der Waals surface area contributed by atoms with Gasteiger partial charge in [-0.3, -0.25) is 9.69 Å². The van der Waals surface area contributed by atoms with Gasteiger partial charge in [0.25, 0.3) is 0 Å². The van der Waals surface area contributed by atoms with E-state index < -0.39 is 0 Å². The third-order valence-corrected chi connectivity index (χ3v) is 10.2. The first-order chi connectivity index (χ1) is 22.4. The molecule has 0 saturated carbocycles. The van der Waals surface area contributed by atoms with E-state index in [-0.39, 0.29) is 29.8 Å². The fraction of sp³-hybridized carbons (Fsp3) is 0.389. The van der Waals surface area contributed by atoms with E-state index in [4.69, 9.17) is 14.7 Å². The van der Waals surface area contributed by atoms with Gasteiger partial charge in [0, 0.05) is 48.5 Å². The molecular weight excluding hydrogens is 578 g/mol. The number of phenols is 1. The molecule has 5 heterocycles. The first-order valence-electron chi connectivity index (χ1n) is 16.4. The quantitative estimate of drug-likeness (QED) is 0.258. The molecule has 1 amide bonds. The van der Waals surface area contributed by atoms with Crippen LogP contribution in [0.1, 0.15) is 38.3 Å². The van der Waals surface area contributed by atoms with Gasteiger partial charge in [-0.2, -0.15) is 9.97 Å². The molecule has 3 aliphatic rings.